The molecule has 1 aliphatic heterocycles. The molecule has 1 saturated heterocycles. The minimum absolute atomic E-state index is 0.725. The van der Waals surface area contributed by atoms with Gasteiger partial charge in [-0.25, -0.2) is 0 Å². The molecule has 0 amide bonds. The number of piperidine rings is 1. The zero-order chi connectivity index (χ0) is 11.7. The van der Waals surface area contributed by atoms with Crippen molar-refractivity contribution in [1.29, 1.82) is 0 Å². The molecule has 17 heavy (non-hydrogen) atoms. The summed E-state index contributed by atoms with van der Waals surface area (Å²) in [6.45, 7) is 1.26. The van der Waals surface area contributed by atoms with E-state index in [1.807, 2.05) is 0 Å². The number of nitrogens with one attached hydrogen (secondary N) is 1. The van der Waals surface area contributed by atoms with Crippen LogP contribution in [0, 0.1) is 0 Å². The van der Waals surface area contributed by atoms with Gasteiger partial charge in [0.05, 0.1) is 0 Å². The van der Waals surface area contributed by atoms with Crippen molar-refractivity contribution in [2.75, 3.05) is 13.6 Å². The SMILES string of the molecule is CN1CCCCC1Cc1c[nH]c2ccccc12. The minimum atomic E-state index is 0.725. The molecule has 90 valence electrons. The standard InChI is InChI=1S/C15H20N2/c1-17-9-5-4-6-13(17)10-12-11-16-15-8-3-2-7-14(12)15/h2-3,7-8,11,13,16H,4-6,9-10H2,1H3. The summed E-state index contributed by atoms with van der Waals surface area (Å²) in [5.41, 5.74) is 2.74. The molecule has 1 N–H and O–H groups in total. The smallest absolute Gasteiger partial charge is 0.0456 e. The highest BCUT2D eigenvalue weighted by Crippen LogP contribution is 2.24. The van der Waals surface area contributed by atoms with Crippen molar-refractivity contribution >= 4 is 10.9 Å². The normalized spacial score (nSPS) is 22.1. The lowest BCUT2D eigenvalue weighted by Gasteiger charge is -2.32. The molecule has 2 heteroatoms. The van der Waals surface area contributed by atoms with E-state index < -0.39 is 0 Å². The quantitative estimate of drug-likeness (QED) is 0.836. The molecule has 2 aromatic rings. The number of likely N-dealkylation sites (N-methyl/N-ethyl adjacent to an activating group) is 1. The molecule has 1 atom stereocenters. The van der Waals surface area contributed by atoms with Crippen LogP contribution in [-0.2, 0) is 6.42 Å². The Morgan fingerprint density at radius 1 is 1.29 bits per heavy atom. The van der Waals surface area contributed by atoms with Crippen molar-refractivity contribution in [3.05, 3.63) is 36.0 Å². The lowest BCUT2D eigenvalue weighted by atomic mass is 9.96. The summed E-state index contributed by atoms with van der Waals surface area (Å²) in [7, 11) is 2.26. The maximum atomic E-state index is 3.37. The summed E-state index contributed by atoms with van der Waals surface area (Å²) in [4.78, 5) is 5.89. The van der Waals surface area contributed by atoms with Crippen LogP contribution in [0.2, 0.25) is 0 Å². The van der Waals surface area contributed by atoms with Crippen LogP contribution in [0.5, 0.6) is 0 Å². The minimum Gasteiger partial charge on any atom is -0.361 e. The number of H-pyrrole nitrogens is 1. The number of benzene rings is 1. The van der Waals surface area contributed by atoms with E-state index in [4.69, 9.17) is 0 Å². The number of likely N-dealkylation sites (tertiary alicyclic amines) is 1. The predicted molar refractivity (Wildman–Crippen MR) is 72.3 cm³/mol. The summed E-state index contributed by atoms with van der Waals surface area (Å²) in [6.07, 6.45) is 7.46. The Morgan fingerprint density at radius 3 is 3.06 bits per heavy atom. The average Bonchev–Trinajstić information content (AvgIpc) is 2.76. The fourth-order valence-corrected chi connectivity index (χ4v) is 2.96. The topological polar surface area (TPSA) is 19.0 Å². The lowest BCUT2D eigenvalue weighted by Crippen LogP contribution is -2.37. The molecular weight excluding hydrogens is 208 g/mol. The van der Waals surface area contributed by atoms with Crippen LogP contribution in [0.4, 0.5) is 0 Å². The molecule has 0 aliphatic carbocycles. The van der Waals surface area contributed by atoms with Crippen molar-refractivity contribution in [3.8, 4) is 0 Å². The van der Waals surface area contributed by atoms with Gasteiger partial charge in [0.15, 0.2) is 0 Å². The molecule has 0 saturated carbocycles. The number of aromatic nitrogens is 1. The van der Waals surface area contributed by atoms with E-state index in [-0.39, 0.29) is 0 Å². The van der Waals surface area contributed by atoms with Crippen LogP contribution in [0.25, 0.3) is 10.9 Å². The van der Waals surface area contributed by atoms with Crippen molar-refractivity contribution in [1.82, 2.24) is 9.88 Å². The highest BCUT2D eigenvalue weighted by molar-refractivity contribution is 5.83. The third-order valence-electron chi connectivity index (χ3n) is 4.05. The molecule has 0 spiro atoms. The molecule has 1 fully saturated rings. The summed E-state index contributed by atoms with van der Waals surface area (Å²) in [5.74, 6) is 0. The van der Waals surface area contributed by atoms with E-state index in [0.717, 1.165) is 6.04 Å². The van der Waals surface area contributed by atoms with Gasteiger partial charge in [0.2, 0.25) is 0 Å². The van der Waals surface area contributed by atoms with Gasteiger partial charge >= 0.3 is 0 Å². The predicted octanol–water partition coefficient (Wildman–Crippen LogP) is 3.19. The van der Waals surface area contributed by atoms with Gasteiger partial charge in [0, 0.05) is 23.1 Å². The van der Waals surface area contributed by atoms with Crippen molar-refractivity contribution in [2.24, 2.45) is 0 Å². The summed E-state index contributed by atoms with van der Waals surface area (Å²) >= 11 is 0. The number of hydrogen-bond donors (Lipinski definition) is 1. The highest BCUT2D eigenvalue weighted by Gasteiger charge is 2.20. The number of fused-ring (bicyclic) bond motifs is 1. The summed E-state index contributed by atoms with van der Waals surface area (Å²) < 4.78 is 0. The first-order valence-corrected chi connectivity index (χ1v) is 6.60. The van der Waals surface area contributed by atoms with E-state index in [0.29, 0.717) is 0 Å². The zero-order valence-electron chi connectivity index (χ0n) is 10.4. The van der Waals surface area contributed by atoms with Gasteiger partial charge in [-0.3, -0.25) is 0 Å². The molecule has 1 aromatic carbocycles. The van der Waals surface area contributed by atoms with Gasteiger partial charge in [-0.15, -0.1) is 0 Å². The molecular formula is C15H20N2. The van der Waals surface area contributed by atoms with Crippen molar-refractivity contribution in [3.63, 3.8) is 0 Å². The third kappa shape index (κ3) is 2.09. The van der Waals surface area contributed by atoms with E-state index in [1.165, 1.54) is 48.7 Å². The molecule has 2 nitrogen and oxygen atoms in total. The van der Waals surface area contributed by atoms with E-state index in [2.05, 4.69) is 47.4 Å². The Kier molecular flexibility index (Phi) is 2.89. The molecule has 0 radical (unpaired) electrons. The molecule has 1 unspecified atom stereocenters. The largest absolute Gasteiger partial charge is 0.361 e. The Labute approximate surface area is 103 Å². The van der Waals surface area contributed by atoms with Gasteiger partial charge in [0.1, 0.15) is 0 Å². The van der Waals surface area contributed by atoms with Crippen molar-refractivity contribution < 1.29 is 0 Å². The monoisotopic (exact) mass is 228 g/mol. The number of para-hydroxylation sites is 1. The first-order chi connectivity index (χ1) is 8.34. The van der Waals surface area contributed by atoms with Gasteiger partial charge in [-0.05, 0) is 44.5 Å². The van der Waals surface area contributed by atoms with Crippen LogP contribution in [0.15, 0.2) is 30.5 Å². The number of hydrogen-bond acceptors (Lipinski definition) is 1. The molecule has 2 heterocycles. The first kappa shape index (κ1) is 10.8. The Morgan fingerprint density at radius 2 is 2.18 bits per heavy atom. The second kappa shape index (κ2) is 4.53. The Bertz CT molecular complexity index is 500. The fraction of sp³-hybridized carbons (Fsp3) is 0.467. The van der Waals surface area contributed by atoms with Gasteiger partial charge in [0.25, 0.3) is 0 Å². The van der Waals surface area contributed by atoms with E-state index >= 15 is 0 Å². The second-order valence-corrected chi connectivity index (χ2v) is 5.19. The maximum Gasteiger partial charge on any atom is 0.0456 e. The van der Waals surface area contributed by atoms with Gasteiger partial charge < -0.3 is 9.88 Å². The van der Waals surface area contributed by atoms with Crippen LogP contribution < -0.4 is 0 Å². The molecule has 1 aliphatic rings. The van der Waals surface area contributed by atoms with Crippen LogP contribution in [-0.4, -0.2) is 29.5 Å². The maximum absolute atomic E-state index is 3.37. The highest BCUT2D eigenvalue weighted by atomic mass is 15.1. The fourth-order valence-electron chi connectivity index (χ4n) is 2.96. The number of nitrogens with zero attached hydrogens (tertiary/aromatic N) is 1. The van der Waals surface area contributed by atoms with Gasteiger partial charge in [-0.1, -0.05) is 24.6 Å². The third-order valence-corrected chi connectivity index (χ3v) is 4.05. The summed E-state index contributed by atoms with van der Waals surface area (Å²) in [5, 5.41) is 1.39. The summed E-state index contributed by atoms with van der Waals surface area (Å²) in [6, 6.07) is 9.33. The lowest BCUT2D eigenvalue weighted by molar-refractivity contribution is 0.185. The molecule has 0 bridgehead atoms. The molecule has 3 rings (SSSR count). The van der Waals surface area contributed by atoms with Crippen LogP contribution in [0.1, 0.15) is 24.8 Å². The van der Waals surface area contributed by atoms with Crippen LogP contribution >= 0.6 is 0 Å². The van der Waals surface area contributed by atoms with Gasteiger partial charge in [-0.2, -0.15) is 0 Å². The molecule has 1 aromatic heterocycles. The van der Waals surface area contributed by atoms with E-state index in [1.54, 1.807) is 0 Å². The number of rotatable bonds is 2. The number of aromatic amines is 1. The van der Waals surface area contributed by atoms with Crippen molar-refractivity contribution in [2.45, 2.75) is 31.7 Å². The zero-order valence-corrected chi connectivity index (χ0v) is 10.4. The Hall–Kier alpha value is -1.28. The average molecular weight is 228 g/mol. The second-order valence-electron chi connectivity index (χ2n) is 5.19. The van der Waals surface area contributed by atoms with Crippen LogP contribution in [0.3, 0.4) is 0 Å². The Balaban J connectivity index is 1.84. The van der Waals surface area contributed by atoms with E-state index in [9.17, 15) is 0 Å². The first-order valence-electron chi connectivity index (χ1n) is 6.60.